The zero-order chi connectivity index (χ0) is 17.7. The Balaban J connectivity index is 2.20. The molecule has 2 aromatic heterocycles. The number of carbonyl (C=O) groups excluding carboxylic acids is 1. The number of hydrogen-bond acceptors (Lipinski definition) is 3. The van der Waals surface area contributed by atoms with Gasteiger partial charge in [0.2, 0.25) is 0 Å². The Morgan fingerprint density at radius 1 is 1.12 bits per heavy atom. The first-order valence-corrected chi connectivity index (χ1v) is 9.03. The van der Waals surface area contributed by atoms with Crippen LogP contribution < -0.4 is 0 Å². The molecule has 0 atom stereocenters. The molecule has 0 aliphatic heterocycles. The first-order chi connectivity index (χ1) is 12.0. The summed E-state index contributed by atoms with van der Waals surface area (Å²) in [6.45, 7) is 6.40. The van der Waals surface area contributed by atoms with E-state index in [1.54, 1.807) is 11.3 Å². The lowest BCUT2D eigenvalue weighted by molar-refractivity contribution is 0.0596. The fraction of sp³-hybridized carbons (Fsp3) is 0.190. The number of aromatic amines is 1. The summed E-state index contributed by atoms with van der Waals surface area (Å²) < 4.78 is 6.24. The van der Waals surface area contributed by atoms with Gasteiger partial charge in [0.1, 0.15) is 5.69 Å². The van der Waals surface area contributed by atoms with Gasteiger partial charge in [0.25, 0.3) is 0 Å². The molecule has 25 heavy (non-hydrogen) atoms. The quantitative estimate of drug-likeness (QED) is 0.467. The summed E-state index contributed by atoms with van der Waals surface area (Å²) in [7, 11) is 1.42. The summed E-state index contributed by atoms with van der Waals surface area (Å²) in [4.78, 5) is 17.1. The second-order valence-electron chi connectivity index (χ2n) is 6.34. The van der Waals surface area contributed by atoms with Crippen LogP contribution in [-0.2, 0) is 4.74 Å². The van der Waals surface area contributed by atoms with Gasteiger partial charge in [0, 0.05) is 15.8 Å². The van der Waals surface area contributed by atoms with Gasteiger partial charge in [-0.1, -0.05) is 30.3 Å². The molecule has 3 nitrogen and oxygen atoms in total. The first kappa shape index (κ1) is 15.9. The number of methoxy groups -OCH3 is 1. The van der Waals surface area contributed by atoms with E-state index in [4.69, 9.17) is 4.74 Å². The molecule has 0 amide bonds. The van der Waals surface area contributed by atoms with Crippen molar-refractivity contribution in [1.29, 1.82) is 0 Å². The van der Waals surface area contributed by atoms with Crippen LogP contribution >= 0.6 is 11.3 Å². The molecular weight excluding hydrogens is 330 g/mol. The van der Waals surface area contributed by atoms with Crippen molar-refractivity contribution in [1.82, 2.24) is 4.98 Å². The lowest BCUT2D eigenvalue weighted by Gasteiger charge is -2.06. The molecule has 126 valence electrons. The lowest BCUT2D eigenvalue weighted by Crippen LogP contribution is -2.03. The van der Waals surface area contributed by atoms with Crippen LogP contribution in [0.2, 0.25) is 0 Å². The van der Waals surface area contributed by atoms with Gasteiger partial charge in [0.15, 0.2) is 0 Å². The van der Waals surface area contributed by atoms with Crippen LogP contribution in [0.25, 0.3) is 32.1 Å². The fourth-order valence-corrected chi connectivity index (χ4v) is 4.65. The topological polar surface area (TPSA) is 42.1 Å². The SMILES string of the molecule is COC(=O)c1[nH]c2c(c(C)cc3c(C)c(C)sc32)c1-c1ccccc1. The van der Waals surface area contributed by atoms with Crippen molar-refractivity contribution in [2.45, 2.75) is 20.8 Å². The molecule has 4 aromatic rings. The molecule has 0 radical (unpaired) electrons. The van der Waals surface area contributed by atoms with Crippen LogP contribution in [0, 0.1) is 20.8 Å². The average Bonchev–Trinajstić information content (AvgIpc) is 3.16. The van der Waals surface area contributed by atoms with E-state index < -0.39 is 0 Å². The molecule has 4 heteroatoms. The van der Waals surface area contributed by atoms with Crippen molar-refractivity contribution in [2.24, 2.45) is 0 Å². The lowest BCUT2D eigenvalue weighted by atomic mass is 9.97. The Labute approximate surface area is 150 Å². The summed E-state index contributed by atoms with van der Waals surface area (Å²) in [6.07, 6.45) is 0. The van der Waals surface area contributed by atoms with E-state index in [-0.39, 0.29) is 5.97 Å². The summed E-state index contributed by atoms with van der Waals surface area (Å²) >= 11 is 1.77. The maximum atomic E-state index is 12.4. The minimum atomic E-state index is -0.340. The Morgan fingerprint density at radius 3 is 2.52 bits per heavy atom. The van der Waals surface area contributed by atoms with Gasteiger partial charge in [-0.2, -0.15) is 0 Å². The minimum absolute atomic E-state index is 0.340. The van der Waals surface area contributed by atoms with Crippen molar-refractivity contribution in [3.8, 4) is 11.1 Å². The number of fused-ring (bicyclic) bond motifs is 3. The van der Waals surface area contributed by atoms with E-state index in [0.717, 1.165) is 27.6 Å². The number of esters is 1. The summed E-state index contributed by atoms with van der Waals surface area (Å²) in [6, 6.07) is 12.3. The number of nitrogens with one attached hydrogen (secondary N) is 1. The third kappa shape index (κ3) is 2.29. The van der Waals surface area contributed by atoms with Gasteiger partial charge in [-0.3, -0.25) is 0 Å². The Bertz CT molecular complexity index is 1120. The molecule has 0 unspecified atom stereocenters. The van der Waals surface area contributed by atoms with E-state index in [1.165, 1.54) is 27.6 Å². The Kier molecular flexibility index (Phi) is 3.65. The third-order valence-corrected chi connectivity index (χ3v) is 6.11. The predicted molar refractivity (Wildman–Crippen MR) is 105 cm³/mol. The van der Waals surface area contributed by atoms with Crippen LogP contribution in [0.3, 0.4) is 0 Å². The van der Waals surface area contributed by atoms with Gasteiger partial charge in [-0.25, -0.2) is 4.79 Å². The number of rotatable bonds is 2. The molecule has 4 rings (SSSR count). The highest BCUT2D eigenvalue weighted by Gasteiger charge is 2.23. The van der Waals surface area contributed by atoms with E-state index in [2.05, 4.69) is 31.8 Å². The van der Waals surface area contributed by atoms with E-state index >= 15 is 0 Å². The summed E-state index contributed by atoms with van der Waals surface area (Å²) in [5, 5.41) is 2.35. The van der Waals surface area contributed by atoms with Gasteiger partial charge >= 0.3 is 5.97 Å². The van der Waals surface area contributed by atoms with Gasteiger partial charge in [0.05, 0.1) is 17.3 Å². The number of carbonyl (C=O) groups is 1. The standard InChI is InChI=1S/C21H19NO2S/c1-11-10-15-12(2)13(3)25-20(15)18-16(11)17(14-8-6-5-7-9-14)19(22-18)21(23)24-4/h5-10,22H,1-4H3. The highest BCUT2D eigenvalue weighted by Crippen LogP contribution is 2.42. The van der Waals surface area contributed by atoms with Gasteiger partial charge in [-0.15, -0.1) is 11.3 Å². The fourth-order valence-electron chi connectivity index (χ4n) is 3.51. The van der Waals surface area contributed by atoms with Crippen molar-refractivity contribution < 1.29 is 9.53 Å². The number of benzene rings is 2. The van der Waals surface area contributed by atoms with Crippen LogP contribution in [0.5, 0.6) is 0 Å². The molecular formula is C21H19NO2S. The summed E-state index contributed by atoms with van der Waals surface area (Å²) in [5.74, 6) is -0.340. The summed E-state index contributed by atoms with van der Waals surface area (Å²) in [5.41, 5.74) is 5.94. The van der Waals surface area contributed by atoms with Crippen molar-refractivity contribution in [3.63, 3.8) is 0 Å². The predicted octanol–water partition coefficient (Wildman–Crippen LogP) is 5.76. The van der Waals surface area contributed by atoms with E-state index in [9.17, 15) is 4.79 Å². The number of ether oxygens (including phenoxy) is 1. The second kappa shape index (κ2) is 5.74. The minimum Gasteiger partial charge on any atom is -0.464 e. The number of aromatic nitrogens is 1. The molecule has 2 heterocycles. The van der Waals surface area contributed by atoms with Crippen LogP contribution in [0.15, 0.2) is 36.4 Å². The zero-order valence-electron chi connectivity index (χ0n) is 14.7. The highest BCUT2D eigenvalue weighted by molar-refractivity contribution is 7.20. The second-order valence-corrected chi connectivity index (χ2v) is 7.56. The molecule has 0 saturated heterocycles. The largest absolute Gasteiger partial charge is 0.464 e. The number of H-pyrrole nitrogens is 1. The molecule has 1 N–H and O–H groups in total. The number of aryl methyl sites for hydroxylation is 3. The molecule has 0 aliphatic carbocycles. The van der Waals surface area contributed by atoms with Crippen molar-refractivity contribution in [2.75, 3.05) is 7.11 Å². The maximum absolute atomic E-state index is 12.4. The van der Waals surface area contributed by atoms with E-state index in [0.29, 0.717) is 5.69 Å². The van der Waals surface area contributed by atoms with Crippen molar-refractivity contribution >= 4 is 38.3 Å². The molecule has 0 bridgehead atoms. The first-order valence-electron chi connectivity index (χ1n) is 8.21. The number of thiophene rings is 1. The van der Waals surface area contributed by atoms with E-state index in [1.807, 2.05) is 30.3 Å². The van der Waals surface area contributed by atoms with Crippen LogP contribution in [0.1, 0.15) is 26.5 Å². The van der Waals surface area contributed by atoms with Crippen molar-refractivity contribution in [3.05, 3.63) is 58.1 Å². The monoisotopic (exact) mass is 349 g/mol. The maximum Gasteiger partial charge on any atom is 0.355 e. The molecule has 0 fully saturated rings. The molecule has 0 saturated carbocycles. The van der Waals surface area contributed by atoms with Gasteiger partial charge < -0.3 is 9.72 Å². The molecule has 0 spiro atoms. The zero-order valence-corrected chi connectivity index (χ0v) is 15.5. The Hall–Kier alpha value is -2.59. The van der Waals surface area contributed by atoms with Crippen LogP contribution in [-0.4, -0.2) is 18.1 Å². The average molecular weight is 349 g/mol. The Morgan fingerprint density at radius 2 is 1.84 bits per heavy atom. The van der Waals surface area contributed by atoms with Crippen LogP contribution in [0.4, 0.5) is 0 Å². The smallest absolute Gasteiger partial charge is 0.355 e. The molecule has 2 aromatic carbocycles. The highest BCUT2D eigenvalue weighted by atomic mass is 32.1. The number of hydrogen-bond donors (Lipinski definition) is 1. The molecule has 0 aliphatic rings. The normalized spacial score (nSPS) is 11.4. The third-order valence-electron chi connectivity index (χ3n) is 4.87. The van der Waals surface area contributed by atoms with Gasteiger partial charge in [-0.05, 0) is 48.9 Å².